The van der Waals surface area contributed by atoms with Crippen LogP contribution in [0.2, 0.25) is 0 Å². The van der Waals surface area contributed by atoms with Crippen LogP contribution >= 0.6 is 0 Å². The van der Waals surface area contributed by atoms with Gasteiger partial charge in [0.15, 0.2) is 5.96 Å². The van der Waals surface area contributed by atoms with Crippen LogP contribution in [0.3, 0.4) is 0 Å². The lowest BCUT2D eigenvalue weighted by atomic mass is 10.1. The number of aliphatic imine (C=N–C) groups is 1. The molecule has 30 heavy (non-hydrogen) atoms. The van der Waals surface area contributed by atoms with E-state index in [-0.39, 0.29) is 5.91 Å². The molecule has 168 valence electrons. The van der Waals surface area contributed by atoms with Gasteiger partial charge in [-0.15, -0.1) is 0 Å². The summed E-state index contributed by atoms with van der Waals surface area (Å²) in [5.74, 6) is 0.890. The van der Waals surface area contributed by atoms with Gasteiger partial charge < -0.3 is 20.0 Å². The van der Waals surface area contributed by atoms with Gasteiger partial charge in [0.05, 0.1) is 13.1 Å². The number of hydrogen-bond acceptors (Lipinski definition) is 4. The fourth-order valence-electron chi connectivity index (χ4n) is 3.60. The van der Waals surface area contributed by atoms with E-state index >= 15 is 0 Å². The number of nitrogens with zero attached hydrogens (tertiary/aromatic N) is 5. The first-order valence-electron chi connectivity index (χ1n) is 11.2. The van der Waals surface area contributed by atoms with Crippen molar-refractivity contribution in [2.45, 2.75) is 33.9 Å². The van der Waals surface area contributed by atoms with Gasteiger partial charge in [0.1, 0.15) is 0 Å². The van der Waals surface area contributed by atoms with Crippen LogP contribution in [0.5, 0.6) is 0 Å². The van der Waals surface area contributed by atoms with Crippen molar-refractivity contribution in [1.82, 2.24) is 24.9 Å². The lowest BCUT2D eigenvalue weighted by Gasteiger charge is -2.32. The van der Waals surface area contributed by atoms with Crippen LogP contribution in [0.4, 0.5) is 0 Å². The standard InChI is InChI=1S/C23H40N6O/c1-6-24-23(27(5)19-22(30)29(7-2)8-3)25-17-20-9-11-21(12-10-20)18-28-15-13-26(4)14-16-28/h9-12H,6-8,13-19H2,1-5H3,(H,24,25). The second kappa shape index (κ2) is 12.5. The summed E-state index contributed by atoms with van der Waals surface area (Å²) >= 11 is 0. The molecule has 0 atom stereocenters. The van der Waals surface area contributed by atoms with Crippen LogP contribution in [0.1, 0.15) is 31.9 Å². The number of likely N-dealkylation sites (N-methyl/N-ethyl adjacent to an activating group) is 3. The summed E-state index contributed by atoms with van der Waals surface area (Å²) in [4.78, 5) is 25.8. The molecule has 0 spiro atoms. The minimum Gasteiger partial charge on any atom is -0.357 e. The Bertz CT molecular complexity index is 663. The van der Waals surface area contributed by atoms with E-state index in [2.05, 4.69) is 46.4 Å². The van der Waals surface area contributed by atoms with Gasteiger partial charge in [-0.2, -0.15) is 0 Å². The van der Waals surface area contributed by atoms with Crippen LogP contribution in [-0.4, -0.2) is 97.9 Å². The third kappa shape index (κ3) is 7.61. The normalized spacial score (nSPS) is 15.8. The van der Waals surface area contributed by atoms with Crippen LogP contribution in [-0.2, 0) is 17.9 Å². The molecular weight excluding hydrogens is 376 g/mol. The van der Waals surface area contributed by atoms with Crippen LogP contribution < -0.4 is 5.32 Å². The highest BCUT2D eigenvalue weighted by Crippen LogP contribution is 2.10. The van der Waals surface area contributed by atoms with Gasteiger partial charge in [-0.25, -0.2) is 4.99 Å². The van der Waals surface area contributed by atoms with Crippen molar-refractivity contribution >= 4 is 11.9 Å². The van der Waals surface area contributed by atoms with Crippen molar-refractivity contribution in [3.05, 3.63) is 35.4 Å². The summed E-state index contributed by atoms with van der Waals surface area (Å²) in [6.07, 6.45) is 0. The summed E-state index contributed by atoms with van der Waals surface area (Å²) in [6, 6.07) is 8.76. The molecule has 0 aliphatic carbocycles. The quantitative estimate of drug-likeness (QED) is 0.491. The number of nitrogens with one attached hydrogen (secondary N) is 1. The topological polar surface area (TPSA) is 54.4 Å². The number of piperazine rings is 1. The number of benzene rings is 1. The second-order valence-corrected chi connectivity index (χ2v) is 7.99. The van der Waals surface area contributed by atoms with Crippen molar-refractivity contribution in [2.75, 3.05) is 66.5 Å². The average Bonchev–Trinajstić information content (AvgIpc) is 2.74. The van der Waals surface area contributed by atoms with Gasteiger partial charge in [0.2, 0.25) is 5.91 Å². The zero-order valence-electron chi connectivity index (χ0n) is 19.5. The minimum absolute atomic E-state index is 0.126. The maximum Gasteiger partial charge on any atom is 0.242 e. The Labute approximate surface area is 182 Å². The number of rotatable bonds is 9. The monoisotopic (exact) mass is 416 g/mol. The van der Waals surface area contributed by atoms with Gasteiger partial charge >= 0.3 is 0 Å². The summed E-state index contributed by atoms with van der Waals surface area (Å²) in [6.45, 7) is 14.8. The fraction of sp³-hybridized carbons (Fsp3) is 0.652. The van der Waals surface area contributed by atoms with Gasteiger partial charge in [-0.05, 0) is 38.9 Å². The van der Waals surface area contributed by atoms with Crippen LogP contribution in [0.15, 0.2) is 29.3 Å². The number of carbonyl (C=O) groups is 1. The molecule has 0 radical (unpaired) electrons. The molecule has 1 aliphatic heterocycles. The number of guanidine groups is 1. The first kappa shape index (κ1) is 24.2. The summed E-state index contributed by atoms with van der Waals surface area (Å²) in [7, 11) is 4.10. The van der Waals surface area contributed by atoms with Crippen molar-refractivity contribution in [3.8, 4) is 0 Å². The Morgan fingerprint density at radius 1 is 1.03 bits per heavy atom. The third-order valence-electron chi connectivity index (χ3n) is 5.62. The molecule has 1 N–H and O–H groups in total. The lowest BCUT2D eigenvalue weighted by Crippen LogP contribution is -2.45. The molecule has 1 amide bonds. The number of amides is 1. The third-order valence-corrected chi connectivity index (χ3v) is 5.62. The van der Waals surface area contributed by atoms with Crippen molar-refractivity contribution in [3.63, 3.8) is 0 Å². The molecule has 0 saturated carbocycles. The summed E-state index contributed by atoms with van der Waals surface area (Å²) < 4.78 is 0. The molecule has 0 bridgehead atoms. The average molecular weight is 417 g/mol. The minimum atomic E-state index is 0.126. The zero-order valence-corrected chi connectivity index (χ0v) is 19.5. The predicted octanol–water partition coefficient (Wildman–Crippen LogP) is 1.70. The van der Waals surface area contributed by atoms with E-state index < -0.39 is 0 Å². The maximum absolute atomic E-state index is 12.4. The van der Waals surface area contributed by atoms with Gasteiger partial charge in [0, 0.05) is 59.4 Å². The maximum atomic E-state index is 12.4. The first-order chi connectivity index (χ1) is 14.5. The molecule has 7 heteroatoms. The molecule has 7 nitrogen and oxygen atoms in total. The SMILES string of the molecule is CCNC(=NCc1ccc(CN2CCN(C)CC2)cc1)N(C)CC(=O)N(CC)CC. The van der Waals surface area contributed by atoms with Crippen molar-refractivity contribution in [1.29, 1.82) is 0 Å². The first-order valence-corrected chi connectivity index (χ1v) is 11.2. The molecule has 2 rings (SSSR count). The molecule has 1 aromatic carbocycles. The Kier molecular flexibility index (Phi) is 10.1. The summed E-state index contributed by atoms with van der Waals surface area (Å²) in [5, 5.41) is 3.30. The Morgan fingerprint density at radius 3 is 2.20 bits per heavy atom. The predicted molar refractivity (Wildman–Crippen MR) is 125 cm³/mol. The van der Waals surface area contributed by atoms with Crippen LogP contribution in [0, 0.1) is 0 Å². The second-order valence-electron chi connectivity index (χ2n) is 7.99. The smallest absolute Gasteiger partial charge is 0.242 e. The van der Waals surface area contributed by atoms with E-state index in [0.29, 0.717) is 13.1 Å². The van der Waals surface area contributed by atoms with Crippen molar-refractivity contribution in [2.24, 2.45) is 4.99 Å². The fourth-order valence-corrected chi connectivity index (χ4v) is 3.60. The molecule has 1 fully saturated rings. The molecule has 1 heterocycles. The largest absolute Gasteiger partial charge is 0.357 e. The van der Waals surface area contributed by atoms with Crippen LogP contribution in [0.25, 0.3) is 0 Å². The van der Waals surface area contributed by atoms with E-state index in [1.54, 1.807) is 0 Å². The summed E-state index contributed by atoms with van der Waals surface area (Å²) in [5.41, 5.74) is 2.53. The van der Waals surface area contributed by atoms with Gasteiger partial charge in [0.25, 0.3) is 0 Å². The van der Waals surface area contributed by atoms with E-state index in [4.69, 9.17) is 4.99 Å². The molecular formula is C23H40N6O. The Balaban J connectivity index is 1.92. The van der Waals surface area contributed by atoms with E-state index in [1.165, 1.54) is 11.1 Å². The highest BCUT2D eigenvalue weighted by molar-refractivity contribution is 5.86. The molecule has 1 saturated heterocycles. The molecule has 0 unspecified atom stereocenters. The Morgan fingerprint density at radius 2 is 1.63 bits per heavy atom. The molecule has 1 aliphatic rings. The highest BCUT2D eigenvalue weighted by atomic mass is 16.2. The van der Waals surface area contributed by atoms with E-state index in [9.17, 15) is 4.79 Å². The van der Waals surface area contributed by atoms with Crippen molar-refractivity contribution < 1.29 is 4.79 Å². The van der Waals surface area contributed by atoms with E-state index in [1.807, 2.05) is 37.6 Å². The van der Waals surface area contributed by atoms with Gasteiger partial charge in [-0.3, -0.25) is 9.69 Å². The number of carbonyl (C=O) groups excluding carboxylic acids is 1. The highest BCUT2D eigenvalue weighted by Gasteiger charge is 2.15. The Hall–Kier alpha value is -2.12. The molecule has 0 aromatic heterocycles. The van der Waals surface area contributed by atoms with Gasteiger partial charge in [-0.1, -0.05) is 24.3 Å². The molecule has 1 aromatic rings. The number of hydrogen-bond donors (Lipinski definition) is 1. The lowest BCUT2D eigenvalue weighted by molar-refractivity contribution is -0.131. The zero-order chi connectivity index (χ0) is 21.9. The van der Waals surface area contributed by atoms with E-state index in [0.717, 1.165) is 58.3 Å².